The molecule has 0 atom stereocenters. The van der Waals surface area contributed by atoms with Crippen LogP contribution in [-0.4, -0.2) is 68.7 Å². The van der Waals surface area contributed by atoms with E-state index in [0.29, 0.717) is 19.1 Å². The van der Waals surface area contributed by atoms with Crippen LogP contribution < -0.4 is 5.32 Å². The lowest BCUT2D eigenvalue weighted by molar-refractivity contribution is 0.103. The summed E-state index contributed by atoms with van der Waals surface area (Å²) in [5.74, 6) is 0.241. The van der Waals surface area contributed by atoms with Crippen LogP contribution in [0.3, 0.4) is 0 Å². The van der Waals surface area contributed by atoms with E-state index in [1.807, 2.05) is 20.8 Å². The molecule has 0 spiro atoms. The molecule has 2 rings (SSSR count). The zero-order valence-electron chi connectivity index (χ0n) is 11.6. The quantitative estimate of drug-likeness (QED) is 0.785. The van der Waals surface area contributed by atoms with Crippen LogP contribution in [0.5, 0.6) is 0 Å². The van der Waals surface area contributed by atoms with E-state index in [0.717, 1.165) is 26.2 Å². The third-order valence-corrected chi connectivity index (χ3v) is 5.94. The van der Waals surface area contributed by atoms with E-state index in [2.05, 4.69) is 10.2 Å². The molecule has 0 aromatic carbocycles. The first-order valence-electron chi connectivity index (χ1n) is 6.70. The summed E-state index contributed by atoms with van der Waals surface area (Å²) in [6.45, 7) is 11.1. The minimum Gasteiger partial charge on any atom is -0.314 e. The van der Waals surface area contributed by atoms with Gasteiger partial charge in [0.15, 0.2) is 0 Å². The molecule has 18 heavy (non-hydrogen) atoms. The number of rotatable bonds is 3. The lowest BCUT2D eigenvalue weighted by Crippen LogP contribution is -2.62. The van der Waals surface area contributed by atoms with Crippen molar-refractivity contribution < 1.29 is 8.42 Å². The summed E-state index contributed by atoms with van der Waals surface area (Å²) in [6.07, 6.45) is 0. The van der Waals surface area contributed by atoms with Crippen LogP contribution in [0.2, 0.25) is 0 Å². The molecular weight excluding hydrogens is 250 g/mol. The Kier molecular flexibility index (Phi) is 4.02. The minimum absolute atomic E-state index is 0.173. The molecule has 2 heterocycles. The van der Waals surface area contributed by atoms with Gasteiger partial charge >= 0.3 is 0 Å². The third kappa shape index (κ3) is 3.44. The van der Waals surface area contributed by atoms with E-state index >= 15 is 0 Å². The van der Waals surface area contributed by atoms with Gasteiger partial charge in [-0.05, 0) is 5.41 Å². The molecule has 0 amide bonds. The Morgan fingerprint density at radius 2 is 1.67 bits per heavy atom. The van der Waals surface area contributed by atoms with Gasteiger partial charge in [-0.2, -0.15) is 4.31 Å². The Bertz CT molecular complexity index is 377. The maximum absolute atomic E-state index is 12.3. The summed E-state index contributed by atoms with van der Waals surface area (Å²) in [5.41, 5.74) is -0.173. The summed E-state index contributed by atoms with van der Waals surface area (Å²) in [5, 5.41) is 3.26. The molecule has 0 bridgehead atoms. The summed E-state index contributed by atoms with van der Waals surface area (Å²) in [7, 11) is -3.09. The van der Waals surface area contributed by atoms with Gasteiger partial charge in [0.1, 0.15) is 0 Å². The Morgan fingerprint density at radius 3 is 2.06 bits per heavy atom. The highest BCUT2D eigenvalue weighted by Crippen LogP contribution is 2.20. The van der Waals surface area contributed by atoms with Gasteiger partial charge in [-0.15, -0.1) is 0 Å². The van der Waals surface area contributed by atoms with E-state index in [1.54, 1.807) is 4.31 Å². The van der Waals surface area contributed by atoms with Crippen LogP contribution >= 0.6 is 0 Å². The van der Waals surface area contributed by atoms with Gasteiger partial charge in [0.2, 0.25) is 10.0 Å². The molecule has 0 aromatic rings. The van der Waals surface area contributed by atoms with E-state index in [-0.39, 0.29) is 11.2 Å². The number of hydrogen-bond acceptors (Lipinski definition) is 4. The zero-order chi connectivity index (χ0) is 13.4. The summed E-state index contributed by atoms with van der Waals surface area (Å²) >= 11 is 0. The highest BCUT2D eigenvalue weighted by Gasteiger charge is 2.33. The molecule has 0 radical (unpaired) electrons. The van der Waals surface area contributed by atoms with Gasteiger partial charge in [0.25, 0.3) is 0 Å². The fourth-order valence-corrected chi connectivity index (χ4v) is 4.51. The normalized spacial score (nSPS) is 25.1. The molecule has 2 aliphatic rings. The Hall–Kier alpha value is -0.170. The second kappa shape index (κ2) is 5.07. The second-order valence-corrected chi connectivity index (χ2v) is 8.53. The Balaban J connectivity index is 1.88. The maximum atomic E-state index is 12.3. The Morgan fingerprint density at radius 1 is 1.11 bits per heavy atom. The first-order valence-corrected chi connectivity index (χ1v) is 8.31. The molecule has 0 unspecified atom stereocenters. The van der Waals surface area contributed by atoms with E-state index in [4.69, 9.17) is 0 Å². The molecule has 6 heteroatoms. The van der Waals surface area contributed by atoms with Crippen molar-refractivity contribution in [1.82, 2.24) is 14.5 Å². The molecule has 0 saturated carbocycles. The first kappa shape index (κ1) is 14.2. The van der Waals surface area contributed by atoms with E-state index < -0.39 is 10.0 Å². The molecular formula is C12H25N3O2S. The standard InChI is InChI=1S/C12H25N3O2S/c1-12(2,3)10-18(16,17)15-6-4-14(5-7-15)11-8-13-9-11/h11,13H,4-10H2,1-3H3. The SMILES string of the molecule is CC(C)(C)CS(=O)(=O)N1CCN(C2CNC2)CC1. The van der Waals surface area contributed by atoms with Gasteiger partial charge in [-0.1, -0.05) is 20.8 Å². The van der Waals surface area contributed by atoms with Gasteiger partial charge in [0.05, 0.1) is 5.75 Å². The van der Waals surface area contributed by atoms with E-state index in [9.17, 15) is 8.42 Å². The van der Waals surface area contributed by atoms with Crippen LogP contribution in [0.15, 0.2) is 0 Å². The third-order valence-electron chi connectivity index (χ3n) is 3.56. The fraction of sp³-hybridized carbons (Fsp3) is 1.00. The highest BCUT2D eigenvalue weighted by molar-refractivity contribution is 7.89. The zero-order valence-corrected chi connectivity index (χ0v) is 12.5. The smallest absolute Gasteiger partial charge is 0.214 e. The maximum Gasteiger partial charge on any atom is 0.214 e. The Labute approximate surface area is 111 Å². The molecule has 106 valence electrons. The number of nitrogens with one attached hydrogen (secondary N) is 1. The van der Waals surface area contributed by atoms with Crippen molar-refractivity contribution in [1.29, 1.82) is 0 Å². The number of sulfonamides is 1. The van der Waals surface area contributed by atoms with Gasteiger partial charge in [-0.25, -0.2) is 8.42 Å². The molecule has 0 aromatic heterocycles. The van der Waals surface area contributed by atoms with Gasteiger partial charge in [0, 0.05) is 45.3 Å². The van der Waals surface area contributed by atoms with Crippen LogP contribution in [0.4, 0.5) is 0 Å². The molecule has 0 aliphatic carbocycles. The molecule has 2 aliphatic heterocycles. The van der Waals surface area contributed by atoms with Crippen molar-refractivity contribution in [3.8, 4) is 0 Å². The van der Waals surface area contributed by atoms with Crippen molar-refractivity contribution in [2.24, 2.45) is 5.41 Å². The molecule has 5 nitrogen and oxygen atoms in total. The van der Waals surface area contributed by atoms with Gasteiger partial charge in [-0.3, -0.25) is 4.90 Å². The van der Waals surface area contributed by atoms with Crippen molar-refractivity contribution in [3.05, 3.63) is 0 Å². The lowest BCUT2D eigenvalue weighted by Gasteiger charge is -2.43. The van der Waals surface area contributed by atoms with Crippen molar-refractivity contribution >= 4 is 10.0 Å². The average Bonchev–Trinajstić information content (AvgIpc) is 2.11. The fourth-order valence-electron chi connectivity index (χ4n) is 2.52. The average molecular weight is 275 g/mol. The predicted molar refractivity (Wildman–Crippen MR) is 73.0 cm³/mol. The summed E-state index contributed by atoms with van der Waals surface area (Å²) in [4.78, 5) is 2.40. The second-order valence-electron chi connectivity index (χ2n) is 6.56. The molecule has 1 N–H and O–H groups in total. The number of piperazine rings is 1. The van der Waals surface area contributed by atoms with Gasteiger partial charge < -0.3 is 5.32 Å². The topological polar surface area (TPSA) is 52.7 Å². The number of nitrogens with zero attached hydrogens (tertiary/aromatic N) is 2. The molecule has 2 fully saturated rings. The van der Waals surface area contributed by atoms with Crippen LogP contribution in [-0.2, 0) is 10.0 Å². The number of hydrogen-bond donors (Lipinski definition) is 1. The van der Waals surface area contributed by atoms with Crippen molar-refractivity contribution in [2.45, 2.75) is 26.8 Å². The highest BCUT2D eigenvalue weighted by atomic mass is 32.2. The summed E-state index contributed by atoms with van der Waals surface area (Å²) < 4.78 is 26.2. The van der Waals surface area contributed by atoms with Crippen LogP contribution in [0.1, 0.15) is 20.8 Å². The largest absolute Gasteiger partial charge is 0.314 e. The lowest BCUT2D eigenvalue weighted by atomic mass is 10.0. The molecule has 2 saturated heterocycles. The predicted octanol–water partition coefficient (Wildman–Crippen LogP) is -0.0483. The van der Waals surface area contributed by atoms with Crippen LogP contribution in [0, 0.1) is 5.41 Å². The monoisotopic (exact) mass is 275 g/mol. The minimum atomic E-state index is -3.09. The first-order chi connectivity index (χ1) is 8.28. The van der Waals surface area contributed by atoms with Crippen molar-refractivity contribution in [3.63, 3.8) is 0 Å². The van der Waals surface area contributed by atoms with Crippen LogP contribution in [0.25, 0.3) is 0 Å². The summed E-state index contributed by atoms with van der Waals surface area (Å²) in [6, 6.07) is 0.623. The van der Waals surface area contributed by atoms with E-state index in [1.165, 1.54) is 0 Å². The van der Waals surface area contributed by atoms with Crippen molar-refractivity contribution in [2.75, 3.05) is 45.0 Å².